The van der Waals surface area contributed by atoms with Crippen LogP contribution in [-0.4, -0.2) is 66.1 Å². The van der Waals surface area contributed by atoms with Gasteiger partial charge in [0.25, 0.3) is 5.56 Å². The summed E-state index contributed by atoms with van der Waals surface area (Å²) >= 11 is 0. The number of aryl methyl sites for hydroxylation is 2. The maximum Gasteiger partial charge on any atom is 0.278 e. The normalized spacial score (nSPS) is 15.4. The second-order valence-electron chi connectivity index (χ2n) is 10.5. The molecule has 10 nitrogen and oxygen atoms in total. The largest absolute Gasteiger partial charge is 0.324 e. The van der Waals surface area contributed by atoms with Crippen LogP contribution in [0.2, 0.25) is 0 Å². The number of likely N-dealkylation sites (N-methyl/N-ethyl adjacent to an activating group) is 1. The van der Waals surface area contributed by atoms with Gasteiger partial charge in [0.05, 0.1) is 6.54 Å². The Balaban J connectivity index is 1.58. The summed E-state index contributed by atoms with van der Waals surface area (Å²) in [6.45, 7) is 5.95. The Morgan fingerprint density at radius 2 is 2.00 bits per heavy atom. The molecule has 0 saturated heterocycles. The van der Waals surface area contributed by atoms with Gasteiger partial charge in [0.1, 0.15) is 5.39 Å². The summed E-state index contributed by atoms with van der Waals surface area (Å²) in [5.74, 6) is 1.17. The van der Waals surface area contributed by atoms with Crippen LogP contribution in [0.5, 0.6) is 0 Å². The zero-order valence-electron chi connectivity index (χ0n) is 23.0. The lowest BCUT2D eigenvalue weighted by molar-refractivity contribution is 0.268. The van der Waals surface area contributed by atoms with Crippen molar-refractivity contribution in [1.29, 1.82) is 0 Å². The summed E-state index contributed by atoms with van der Waals surface area (Å²) in [6, 6.07) is 10.5. The molecule has 0 spiro atoms. The number of nitrogens with one attached hydrogen (secondary N) is 1. The SMILES string of the molecule is C=CCn1c(=O)c2cnc(Nc3ccc4c(c3)CCC(N(C)C)C4)nc2n1-c1nc(N=S(C)(C)=O)ccc1C. The molecule has 3 aromatic heterocycles. The molecule has 1 aliphatic carbocycles. The molecular formula is C28H34N8O2S. The van der Waals surface area contributed by atoms with Crippen LogP contribution < -0.4 is 10.9 Å². The van der Waals surface area contributed by atoms with E-state index in [1.165, 1.54) is 22.0 Å². The predicted octanol–water partition coefficient (Wildman–Crippen LogP) is 3.99. The maximum atomic E-state index is 13.3. The molecule has 3 heterocycles. The van der Waals surface area contributed by atoms with Gasteiger partial charge in [0.2, 0.25) is 5.95 Å². The van der Waals surface area contributed by atoms with Crippen LogP contribution in [0.1, 0.15) is 23.1 Å². The summed E-state index contributed by atoms with van der Waals surface area (Å²) in [7, 11) is 1.85. The van der Waals surface area contributed by atoms with Crippen LogP contribution in [0, 0.1) is 6.92 Å². The highest BCUT2D eigenvalue weighted by atomic mass is 32.2. The van der Waals surface area contributed by atoms with Crippen molar-refractivity contribution in [2.24, 2.45) is 4.36 Å². The molecule has 1 aromatic carbocycles. The predicted molar refractivity (Wildman–Crippen MR) is 157 cm³/mol. The van der Waals surface area contributed by atoms with E-state index in [1.807, 2.05) is 19.1 Å². The number of pyridine rings is 1. The Labute approximate surface area is 228 Å². The van der Waals surface area contributed by atoms with E-state index in [4.69, 9.17) is 4.98 Å². The molecule has 39 heavy (non-hydrogen) atoms. The maximum absolute atomic E-state index is 13.3. The summed E-state index contributed by atoms with van der Waals surface area (Å²) < 4.78 is 19.8. The topological polar surface area (TPSA) is 110 Å². The standard InChI is InChI=1S/C28H34N8O2S/c1-7-14-35-27(37)23-17-29-28(30-21-11-9-20-16-22(34(3)4)12-10-19(20)15-21)32-26(23)36(35)25-18(2)8-13-24(31-25)33-39(5,6)38/h7-9,11,13,15,17,22H,1,10,12,14,16H2,2-6H3,(H,29,30,32). The molecule has 0 aliphatic heterocycles. The summed E-state index contributed by atoms with van der Waals surface area (Å²) in [6.07, 6.45) is 9.47. The van der Waals surface area contributed by atoms with Crippen LogP contribution in [0.25, 0.3) is 16.9 Å². The van der Waals surface area contributed by atoms with Gasteiger partial charge in [-0.05, 0) is 75.2 Å². The first-order valence-electron chi connectivity index (χ1n) is 12.8. The number of hydrogen-bond acceptors (Lipinski definition) is 8. The lowest BCUT2D eigenvalue weighted by Crippen LogP contribution is -2.33. The van der Waals surface area contributed by atoms with E-state index >= 15 is 0 Å². The van der Waals surface area contributed by atoms with Gasteiger partial charge in [0, 0.05) is 40.2 Å². The zero-order valence-corrected chi connectivity index (χ0v) is 23.8. The van der Waals surface area contributed by atoms with Crippen molar-refractivity contribution in [3.63, 3.8) is 0 Å². The third kappa shape index (κ3) is 5.50. The van der Waals surface area contributed by atoms with Crippen LogP contribution in [0.4, 0.5) is 17.5 Å². The summed E-state index contributed by atoms with van der Waals surface area (Å²) in [5.41, 5.74) is 4.56. The fraction of sp³-hybridized carbons (Fsp3) is 0.357. The molecule has 11 heteroatoms. The van der Waals surface area contributed by atoms with Gasteiger partial charge in [-0.3, -0.25) is 4.79 Å². The third-order valence-corrected chi connectivity index (χ3v) is 7.57. The van der Waals surface area contributed by atoms with Crippen molar-refractivity contribution in [2.45, 2.75) is 38.8 Å². The van der Waals surface area contributed by atoms with E-state index < -0.39 is 9.73 Å². The molecule has 0 fully saturated rings. The molecule has 0 radical (unpaired) electrons. The van der Waals surface area contributed by atoms with E-state index in [1.54, 1.807) is 29.3 Å². The Morgan fingerprint density at radius 1 is 1.21 bits per heavy atom. The van der Waals surface area contributed by atoms with Crippen molar-refractivity contribution in [3.05, 3.63) is 76.2 Å². The lowest BCUT2D eigenvalue weighted by Gasteiger charge is -2.30. The van der Waals surface area contributed by atoms with Gasteiger partial charge in [-0.25, -0.2) is 23.5 Å². The first-order chi connectivity index (χ1) is 18.5. The molecule has 204 valence electrons. The smallest absolute Gasteiger partial charge is 0.278 e. The number of anilines is 2. The number of aromatic nitrogens is 5. The minimum Gasteiger partial charge on any atom is -0.324 e. The molecular weight excluding hydrogens is 512 g/mol. The van der Waals surface area contributed by atoms with Crippen LogP contribution >= 0.6 is 0 Å². The van der Waals surface area contributed by atoms with Crippen LogP contribution in [-0.2, 0) is 29.1 Å². The quantitative estimate of drug-likeness (QED) is 0.349. The molecule has 4 aromatic rings. The highest BCUT2D eigenvalue weighted by molar-refractivity contribution is 7.92. The highest BCUT2D eigenvalue weighted by Gasteiger charge is 2.22. The lowest BCUT2D eigenvalue weighted by atomic mass is 9.87. The Bertz CT molecular complexity index is 1750. The molecule has 0 bridgehead atoms. The van der Waals surface area contributed by atoms with Crippen LogP contribution in [0.15, 0.2) is 58.3 Å². The molecule has 0 saturated carbocycles. The van der Waals surface area contributed by atoms with Crippen molar-refractivity contribution < 1.29 is 4.21 Å². The van der Waals surface area contributed by atoms with Gasteiger partial charge in [-0.2, -0.15) is 9.35 Å². The monoisotopic (exact) mass is 546 g/mol. The molecule has 1 atom stereocenters. The molecule has 1 aliphatic rings. The number of allylic oxidation sites excluding steroid dienone is 1. The number of fused-ring (bicyclic) bond motifs is 2. The highest BCUT2D eigenvalue weighted by Crippen LogP contribution is 2.28. The fourth-order valence-corrected chi connectivity index (χ4v) is 5.53. The van der Waals surface area contributed by atoms with Gasteiger partial charge >= 0.3 is 0 Å². The summed E-state index contributed by atoms with van der Waals surface area (Å²) in [5, 5.41) is 3.68. The molecule has 1 unspecified atom stereocenters. The van der Waals surface area contributed by atoms with Crippen molar-refractivity contribution in [2.75, 3.05) is 31.9 Å². The Kier molecular flexibility index (Phi) is 7.13. The van der Waals surface area contributed by atoms with Gasteiger partial charge in [0.15, 0.2) is 17.3 Å². The van der Waals surface area contributed by atoms with Crippen molar-refractivity contribution in [3.8, 4) is 5.82 Å². The van der Waals surface area contributed by atoms with E-state index in [0.717, 1.165) is 30.5 Å². The fourth-order valence-electron chi connectivity index (χ4n) is 4.97. The van der Waals surface area contributed by atoms with Crippen molar-refractivity contribution >= 4 is 38.2 Å². The van der Waals surface area contributed by atoms with Crippen LogP contribution in [0.3, 0.4) is 0 Å². The average Bonchev–Trinajstić information content (AvgIpc) is 3.14. The Hall–Kier alpha value is -3.83. The third-order valence-electron chi connectivity index (χ3n) is 6.94. The van der Waals surface area contributed by atoms with E-state index in [-0.39, 0.29) is 12.1 Å². The second kappa shape index (κ2) is 10.4. The number of benzene rings is 1. The van der Waals surface area contributed by atoms with E-state index in [2.05, 4.69) is 57.4 Å². The zero-order chi connectivity index (χ0) is 27.9. The minimum absolute atomic E-state index is 0.248. The Morgan fingerprint density at radius 3 is 2.72 bits per heavy atom. The van der Waals surface area contributed by atoms with Crippen molar-refractivity contribution in [1.82, 2.24) is 29.2 Å². The average molecular weight is 547 g/mol. The molecule has 1 N–H and O–H groups in total. The van der Waals surface area contributed by atoms with E-state index in [0.29, 0.717) is 34.7 Å². The first-order valence-corrected chi connectivity index (χ1v) is 15.2. The number of rotatable bonds is 7. The van der Waals surface area contributed by atoms with Gasteiger partial charge in [-0.15, -0.1) is 6.58 Å². The molecule has 0 amide bonds. The van der Waals surface area contributed by atoms with Gasteiger partial charge < -0.3 is 10.2 Å². The van der Waals surface area contributed by atoms with Gasteiger partial charge in [-0.1, -0.05) is 18.2 Å². The first kappa shape index (κ1) is 26.8. The second-order valence-corrected chi connectivity index (χ2v) is 13.0. The molecule has 5 rings (SSSR count). The van der Waals surface area contributed by atoms with E-state index in [9.17, 15) is 9.00 Å². The minimum atomic E-state index is -2.42. The summed E-state index contributed by atoms with van der Waals surface area (Å²) in [4.78, 5) is 29.5. The number of hydrogen-bond donors (Lipinski definition) is 1. The number of nitrogens with zero attached hydrogens (tertiary/aromatic N) is 7.